The van der Waals surface area contributed by atoms with Crippen molar-refractivity contribution in [1.82, 2.24) is 4.57 Å². The number of nitrogens with zero attached hydrogens (tertiary/aromatic N) is 3. The summed E-state index contributed by atoms with van der Waals surface area (Å²) in [6, 6.07) is 12.7. The van der Waals surface area contributed by atoms with Crippen molar-refractivity contribution in [2.24, 2.45) is 5.41 Å². The maximum absolute atomic E-state index is 13.9. The van der Waals surface area contributed by atoms with E-state index in [1.54, 1.807) is 30.3 Å². The maximum Gasteiger partial charge on any atom is 0.257 e. The van der Waals surface area contributed by atoms with Crippen molar-refractivity contribution in [1.29, 1.82) is 5.26 Å². The van der Waals surface area contributed by atoms with Crippen molar-refractivity contribution in [2.45, 2.75) is 58.3 Å². The lowest BCUT2D eigenvalue weighted by atomic mass is 9.93. The number of piperidine rings is 1. The molecule has 216 valence electrons. The Labute approximate surface area is 239 Å². The first kappa shape index (κ1) is 27.6. The zero-order valence-electron chi connectivity index (χ0n) is 23.4. The van der Waals surface area contributed by atoms with Gasteiger partial charge in [0.15, 0.2) is 0 Å². The molecule has 2 aromatic carbocycles. The molecule has 3 aliphatic rings. The Morgan fingerprint density at radius 2 is 1.88 bits per heavy atom. The first-order chi connectivity index (χ1) is 19.5. The number of fused-ring (bicyclic) bond motifs is 3. The number of sulfonamides is 1. The molecule has 0 unspecified atom stereocenters. The van der Waals surface area contributed by atoms with Crippen LogP contribution in [-0.2, 0) is 27.9 Å². The second-order valence-corrected chi connectivity index (χ2v) is 14.0. The van der Waals surface area contributed by atoms with Crippen LogP contribution >= 0.6 is 0 Å². The van der Waals surface area contributed by atoms with Gasteiger partial charge in [0.1, 0.15) is 6.07 Å². The topological polar surface area (TPSA) is 137 Å². The Hall–Kier alpha value is -3.59. The van der Waals surface area contributed by atoms with Crippen LogP contribution in [0.15, 0.2) is 36.4 Å². The minimum absolute atomic E-state index is 0.316. The van der Waals surface area contributed by atoms with Gasteiger partial charge in [-0.3, -0.25) is 9.52 Å². The number of anilines is 3. The zero-order valence-corrected chi connectivity index (χ0v) is 24.2. The Morgan fingerprint density at radius 1 is 1.12 bits per heavy atom. The Kier molecular flexibility index (Phi) is 6.76. The van der Waals surface area contributed by atoms with Crippen molar-refractivity contribution in [3.8, 4) is 6.07 Å². The van der Waals surface area contributed by atoms with E-state index in [-0.39, 0.29) is 11.5 Å². The first-order valence-corrected chi connectivity index (χ1v) is 15.7. The number of carbonyl (C=O) groups excluding carboxylic acids is 1. The fourth-order valence-electron chi connectivity index (χ4n) is 6.12. The number of hydrogen-bond donors (Lipinski definition) is 3. The van der Waals surface area contributed by atoms with Crippen LogP contribution < -0.4 is 14.9 Å². The van der Waals surface area contributed by atoms with Gasteiger partial charge in [0.25, 0.3) is 5.91 Å². The summed E-state index contributed by atoms with van der Waals surface area (Å²) in [7, 11) is -3.72. The number of hydrogen-bond acceptors (Lipinski definition) is 7. The highest BCUT2D eigenvalue weighted by Gasteiger charge is 2.44. The summed E-state index contributed by atoms with van der Waals surface area (Å²) >= 11 is 0. The molecule has 1 spiro atoms. The predicted molar refractivity (Wildman–Crippen MR) is 158 cm³/mol. The summed E-state index contributed by atoms with van der Waals surface area (Å²) in [5.74, 6) is -0.724. The lowest BCUT2D eigenvalue weighted by molar-refractivity contribution is -0.0613. The third kappa shape index (κ3) is 5.39. The number of carbonyl (C=O) groups is 1. The number of rotatable bonds is 7. The second kappa shape index (κ2) is 10.0. The van der Waals surface area contributed by atoms with E-state index in [0.717, 1.165) is 42.5 Å². The SMILES string of the molecule is CC1(C)Cn2c(cc3c(NC(=O)c4ccc(NS(=O)(=O)CCO)cc4N4CCC5(CC4)CC5)ccc(C#N)c32)CO1. The second-order valence-electron chi connectivity index (χ2n) is 12.1. The number of aliphatic hydroxyl groups is 1. The molecule has 11 heteroatoms. The van der Waals surface area contributed by atoms with E-state index in [1.165, 1.54) is 12.8 Å². The summed E-state index contributed by atoms with van der Waals surface area (Å²) in [5.41, 5.74) is 4.35. The van der Waals surface area contributed by atoms with E-state index in [9.17, 15) is 18.5 Å². The third-order valence-electron chi connectivity index (χ3n) is 8.66. The molecule has 1 aromatic heterocycles. The van der Waals surface area contributed by atoms with Gasteiger partial charge in [0.2, 0.25) is 10.0 Å². The van der Waals surface area contributed by atoms with Gasteiger partial charge in [0.05, 0.1) is 64.8 Å². The molecule has 1 saturated carbocycles. The summed E-state index contributed by atoms with van der Waals surface area (Å²) in [6.07, 6.45) is 4.57. The number of benzene rings is 2. The van der Waals surface area contributed by atoms with Crippen molar-refractivity contribution in [3.05, 3.63) is 53.2 Å². The number of nitrogens with one attached hydrogen (secondary N) is 2. The minimum atomic E-state index is -3.72. The van der Waals surface area contributed by atoms with Crippen molar-refractivity contribution < 1.29 is 23.1 Å². The maximum atomic E-state index is 13.9. The van der Waals surface area contributed by atoms with Gasteiger partial charge in [-0.25, -0.2) is 8.42 Å². The Balaban J connectivity index is 1.35. The number of aliphatic hydroxyl groups excluding tert-OH is 1. The number of nitriles is 1. The van der Waals surface area contributed by atoms with E-state index in [0.29, 0.717) is 46.8 Å². The van der Waals surface area contributed by atoms with Gasteiger partial charge in [-0.15, -0.1) is 0 Å². The molecule has 2 fully saturated rings. The van der Waals surface area contributed by atoms with Crippen LogP contribution in [0.25, 0.3) is 10.9 Å². The van der Waals surface area contributed by atoms with Gasteiger partial charge in [0, 0.05) is 24.2 Å². The van der Waals surface area contributed by atoms with Crippen LogP contribution in [0.4, 0.5) is 17.1 Å². The first-order valence-electron chi connectivity index (χ1n) is 14.0. The van der Waals surface area contributed by atoms with Crippen LogP contribution in [0.2, 0.25) is 0 Å². The van der Waals surface area contributed by atoms with Crippen LogP contribution in [-0.4, -0.2) is 55.0 Å². The highest BCUT2D eigenvalue weighted by molar-refractivity contribution is 7.92. The van der Waals surface area contributed by atoms with Gasteiger partial charge in [-0.2, -0.15) is 5.26 Å². The average Bonchev–Trinajstić information content (AvgIpc) is 3.57. The highest BCUT2D eigenvalue weighted by Crippen LogP contribution is 2.54. The number of amides is 1. The molecule has 0 atom stereocenters. The normalized spacial score (nSPS) is 19.0. The third-order valence-corrected chi connectivity index (χ3v) is 9.93. The molecular weight excluding hydrogens is 542 g/mol. The summed E-state index contributed by atoms with van der Waals surface area (Å²) in [6.45, 7) is 6.12. The molecule has 2 aliphatic heterocycles. The predicted octanol–water partition coefficient (Wildman–Crippen LogP) is 4.19. The standard InChI is InChI=1S/C30H35N5O5S/c1-29(2)19-35-22(18-40-29)16-24-25(6-3-20(17-31)27(24)35)32-28(37)23-5-4-21(33-41(38,39)14-13-36)15-26(23)34-11-9-30(7-8-30)10-12-34/h3-6,15-16,33,36H,7-14,18-19H2,1-2H3,(H,32,37). The highest BCUT2D eigenvalue weighted by atomic mass is 32.2. The lowest BCUT2D eigenvalue weighted by Crippen LogP contribution is -2.35. The van der Waals surface area contributed by atoms with Crippen molar-refractivity contribution in [2.75, 3.05) is 40.4 Å². The fraction of sp³-hybridized carbons (Fsp3) is 0.467. The summed E-state index contributed by atoms with van der Waals surface area (Å²) < 4.78 is 35.3. The number of aromatic nitrogens is 1. The molecule has 3 heterocycles. The van der Waals surface area contributed by atoms with Gasteiger partial charge in [-0.05, 0) is 81.3 Å². The van der Waals surface area contributed by atoms with E-state index < -0.39 is 22.4 Å². The minimum Gasteiger partial charge on any atom is -0.395 e. The van der Waals surface area contributed by atoms with Crippen LogP contribution in [0.5, 0.6) is 0 Å². The number of ether oxygens (including phenoxy) is 1. The Morgan fingerprint density at radius 3 is 2.56 bits per heavy atom. The average molecular weight is 578 g/mol. The molecule has 3 N–H and O–H groups in total. The van der Waals surface area contributed by atoms with Crippen molar-refractivity contribution in [3.63, 3.8) is 0 Å². The molecular formula is C30H35N5O5S. The molecule has 41 heavy (non-hydrogen) atoms. The largest absolute Gasteiger partial charge is 0.395 e. The Bertz CT molecular complexity index is 1670. The molecule has 1 amide bonds. The smallest absolute Gasteiger partial charge is 0.257 e. The molecule has 0 bridgehead atoms. The molecule has 10 nitrogen and oxygen atoms in total. The van der Waals surface area contributed by atoms with Gasteiger partial charge >= 0.3 is 0 Å². The summed E-state index contributed by atoms with van der Waals surface area (Å²) in [5, 5.41) is 22.8. The van der Waals surface area contributed by atoms with Crippen LogP contribution in [0.3, 0.4) is 0 Å². The van der Waals surface area contributed by atoms with Crippen molar-refractivity contribution >= 4 is 43.9 Å². The van der Waals surface area contributed by atoms with Gasteiger partial charge in [-0.1, -0.05) is 0 Å². The molecule has 0 radical (unpaired) electrons. The van der Waals surface area contributed by atoms with Crippen LogP contribution in [0, 0.1) is 16.7 Å². The molecule has 1 saturated heterocycles. The lowest BCUT2D eigenvalue weighted by Gasteiger charge is -2.35. The fourth-order valence-corrected chi connectivity index (χ4v) is 6.94. The molecule has 6 rings (SSSR count). The zero-order chi connectivity index (χ0) is 29.0. The molecule has 1 aliphatic carbocycles. The van der Waals surface area contributed by atoms with Gasteiger partial charge < -0.3 is 24.6 Å². The van der Waals surface area contributed by atoms with E-state index in [2.05, 4.69) is 25.6 Å². The van der Waals surface area contributed by atoms with E-state index in [1.807, 2.05) is 19.9 Å². The summed E-state index contributed by atoms with van der Waals surface area (Å²) in [4.78, 5) is 16.0. The van der Waals surface area contributed by atoms with E-state index >= 15 is 0 Å². The van der Waals surface area contributed by atoms with Crippen LogP contribution in [0.1, 0.15) is 61.1 Å². The molecule has 3 aromatic rings. The van der Waals surface area contributed by atoms with E-state index in [4.69, 9.17) is 9.84 Å². The quantitative estimate of drug-likeness (QED) is 0.383. The monoisotopic (exact) mass is 577 g/mol.